The average molecular weight is 494 g/mol. The molecule has 0 radical (unpaired) electrons. The number of hydrogen-bond donors (Lipinski definition) is 2. The highest BCUT2D eigenvalue weighted by Gasteiger charge is 2.23. The second kappa shape index (κ2) is 11.2. The maximum absolute atomic E-state index is 11.7. The molecule has 1 aliphatic rings. The Morgan fingerprint density at radius 1 is 1.37 bits per heavy atom. The lowest BCUT2D eigenvalue weighted by Crippen LogP contribution is -2.48. The van der Waals surface area contributed by atoms with Crippen LogP contribution in [0.3, 0.4) is 0 Å². The second-order valence-electron chi connectivity index (χ2n) is 6.22. The largest absolute Gasteiger partial charge is 0.481 e. The standard InChI is InChI=1S/C17H30N6O3.HI/c1-5-14-13(15(25-4)22(3)21-14)11-19-16(18)20-12-7-9-23(10-8-12)17(24)26-6-2;/h12H,5-11H2,1-4H3,(H3,18,19,20);1H. The number of nitrogens with zero attached hydrogens (tertiary/aromatic N) is 4. The molecule has 0 aromatic carbocycles. The zero-order valence-electron chi connectivity index (χ0n) is 16.5. The van der Waals surface area contributed by atoms with Crippen LogP contribution < -0.4 is 15.8 Å². The lowest BCUT2D eigenvalue weighted by molar-refractivity contribution is 0.0963. The number of guanidine groups is 1. The Hall–Kier alpha value is -1.72. The van der Waals surface area contributed by atoms with Gasteiger partial charge in [0, 0.05) is 26.2 Å². The van der Waals surface area contributed by atoms with Crippen molar-refractivity contribution in [2.75, 3.05) is 26.8 Å². The summed E-state index contributed by atoms with van der Waals surface area (Å²) in [4.78, 5) is 17.9. The monoisotopic (exact) mass is 494 g/mol. The van der Waals surface area contributed by atoms with Crippen LogP contribution in [-0.2, 0) is 24.8 Å². The van der Waals surface area contributed by atoms with E-state index < -0.39 is 0 Å². The summed E-state index contributed by atoms with van der Waals surface area (Å²) in [6.45, 7) is 5.98. The van der Waals surface area contributed by atoms with Gasteiger partial charge in [-0.3, -0.25) is 0 Å². The number of ether oxygens (including phenoxy) is 2. The molecule has 27 heavy (non-hydrogen) atoms. The second-order valence-corrected chi connectivity index (χ2v) is 6.22. The number of aryl methyl sites for hydroxylation is 2. The van der Waals surface area contributed by atoms with Crippen molar-refractivity contribution in [2.24, 2.45) is 17.8 Å². The zero-order chi connectivity index (χ0) is 19.1. The Balaban J connectivity index is 0.00000364. The van der Waals surface area contributed by atoms with Crippen LogP contribution in [-0.4, -0.2) is 59.6 Å². The number of rotatable bonds is 6. The van der Waals surface area contributed by atoms with Gasteiger partial charge in [0.15, 0.2) is 5.96 Å². The molecule has 1 aromatic rings. The van der Waals surface area contributed by atoms with E-state index in [1.807, 2.05) is 20.9 Å². The normalized spacial score (nSPS) is 15.3. The van der Waals surface area contributed by atoms with Gasteiger partial charge in [0.25, 0.3) is 0 Å². The van der Waals surface area contributed by atoms with Crippen LogP contribution in [0.5, 0.6) is 5.88 Å². The van der Waals surface area contributed by atoms with Crippen molar-refractivity contribution < 1.29 is 14.3 Å². The van der Waals surface area contributed by atoms with Gasteiger partial charge < -0.3 is 25.4 Å². The summed E-state index contributed by atoms with van der Waals surface area (Å²) in [6.07, 6.45) is 2.18. The van der Waals surface area contributed by atoms with E-state index in [2.05, 4.69) is 15.4 Å². The fraction of sp³-hybridized carbons (Fsp3) is 0.706. The third kappa shape index (κ3) is 6.15. The summed E-state index contributed by atoms with van der Waals surface area (Å²) in [5.74, 6) is 1.11. The molecule has 1 aliphatic heterocycles. The Morgan fingerprint density at radius 3 is 2.59 bits per heavy atom. The van der Waals surface area contributed by atoms with E-state index in [0.717, 1.165) is 30.5 Å². The fourth-order valence-electron chi connectivity index (χ4n) is 3.14. The number of carbonyl (C=O) groups excluding carboxylic acids is 1. The number of aliphatic imine (C=N–C) groups is 1. The minimum Gasteiger partial charge on any atom is -0.481 e. The van der Waals surface area contributed by atoms with Crippen molar-refractivity contribution in [1.82, 2.24) is 20.0 Å². The van der Waals surface area contributed by atoms with Gasteiger partial charge >= 0.3 is 6.09 Å². The maximum Gasteiger partial charge on any atom is 0.409 e. The highest BCUT2D eigenvalue weighted by Crippen LogP contribution is 2.22. The van der Waals surface area contributed by atoms with E-state index in [4.69, 9.17) is 15.2 Å². The summed E-state index contributed by atoms with van der Waals surface area (Å²) in [5, 5.41) is 7.69. The number of aromatic nitrogens is 2. The number of nitrogens with one attached hydrogen (secondary N) is 1. The van der Waals surface area contributed by atoms with Gasteiger partial charge in [-0.2, -0.15) is 5.10 Å². The van der Waals surface area contributed by atoms with E-state index in [9.17, 15) is 4.79 Å². The Labute approximate surface area is 177 Å². The number of amides is 1. The van der Waals surface area contributed by atoms with Gasteiger partial charge in [-0.05, 0) is 26.2 Å². The first-order valence-corrected chi connectivity index (χ1v) is 9.06. The minimum atomic E-state index is -0.247. The molecule has 1 fully saturated rings. The quantitative estimate of drug-likeness (QED) is 0.354. The number of halogens is 1. The number of nitrogens with two attached hydrogens (primary N) is 1. The van der Waals surface area contributed by atoms with Gasteiger partial charge in [0.1, 0.15) is 0 Å². The van der Waals surface area contributed by atoms with Gasteiger partial charge in [0.2, 0.25) is 5.88 Å². The van der Waals surface area contributed by atoms with E-state index in [-0.39, 0.29) is 36.1 Å². The van der Waals surface area contributed by atoms with Crippen molar-refractivity contribution >= 4 is 36.0 Å². The summed E-state index contributed by atoms with van der Waals surface area (Å²) in [6, 6.07) is 0.200. The smallest absolute Gasteiger partial charge is 0.409 e. The van der Waals surface area contributed by atoms with Crippen LogP contribution in [0.1, 0.15) is 37.9 Å². The molecule has 0 spiro atoms. The van der Waals surface area contributed by atoms with E-state index in [0.29, 0.717) is 38.1 Å². The molecule has 0 atom stereocenters. The van der Waals surface area contributed by atoms with Crippen molar-refractivity contribution in [3.63, 3.8) is 0 Å². The molecule has 0 unspecified atom stereocenters. The highest BCUT2D eigenvalue weighted by molar-refractivity contribution is 14.0. The molecule has 0 saturated carbocycles. The number of piperidine rings is 1. The van der Waals surface area contributed by atoms with Crippen molar-refractivity contribution in [2.45, 2.75) is 45.7 Å². The van der Waals surface area contributed by atoms with Crippen LogP contribution >= 0.6 is 24.0 Å². The van der Waals surface area contributed by atoms with Gasteiger partial charge in [-0.15, -0.1) is 24.0 Å². The number of hydrogen-bond acceptors (Lipinski definition) is 5. The van der Waals surface area contributed by atoms with Gasteiger partial charge in [0.05, 0.1) is 31.5 Å². The Bertz CT molecular complexity index is 641. The summed E-state index contributed by atoms with van der Waals surface area (Å²) >= 11 is 0. The summed E-state index contributed by atoms with van der Waals surface area (Å²) in [5.41, 5.74) is 7.97. The first-order chi connectivity index (χ1) is 12.5. The highest BCUT2D eigenvalue weighted by atomic mass is 127. The first kappa shape index (κ1) is 23.3. The molecule has 154 valence electrons. The summed E-state index contributed by atoms with van der Waals surface area (Å²) < 4.78 is 12.2. The zero-order valence-corrected chi connectivity index (χ0v) is 18.9. The molecule has 0 bridgehead atoms. The molecule has 1 aromatic heterocycles. The average Bonchev–Trinajstić information content (AvgIpc) is 2.95. The third-order valence-electron chi connectivity index (χ3n) is 4.48. The van der Waals surface area contributed by atoms with E-state index >= 15 is 0 Å². The van der Waals surface area contributed by atoms with E-state index in [1.165, 1.54) is 0 Å². The molecule has 3 N–H and O–H groups in total. The Morgan fingerprint density at radius 2 is 2.04 bits per heavy atom. The molecule has 2 rings (SSSR count). The predicted octanol–water partition coefficient (Wildman–Crippen LogP) is 1.63. The number of likely N-dealkylation sites (tertiary alicyclic amines) is 1. The summed E-state index contributed by atoms with van der Waals surface area (Å²) in [7, 11) is 3.48. The molecule has 1 amide bonds. The molecule has 10 heteroatoms. The van der Waals surface area contributed by atoms with Crippen molar-refractivity contribution in [3.05, 3.63) is 11.3 Å². The van der Waals surface area contributed by atoms with Gasteiger partial charge in [-0.25, -0.2) is 14.5 Å². The molecule has 2 heterocycles. The third-order valence-corrected chi connectivity index (χ3v) is 4.48. The molecule has 1 saturated heterocycles. The topological polar surface area (TPSA) is 107 Å². The van der Waals surface area contributed by atoms with Crippen LogP contribution in [0.4, 0.5) is 4.79 Å². The van der Waals surface area contributed by atoms with Crippen LogP contribution in [0, 0.1) is 0 Å². The van der Waals surface area contributed by atoms with Gasteiger partial charge in [-0.1, -0.05) is 6.92 Å². The SMILES string of the molecule is CCOC(=O)N1CCC(NC(N)=NCc2c(CC)nn(C)c2OC)CC1.I. The lowest BCUT2D eigenvalue weighted by Gasteiger charge is -2.31. The molecular weight excluding hydrogens is 463 g/mol. The fourth-order valence-corrected chi connectivity index (χ4v) is 3.14. The number of carbonyl (C=O) groups is 1. The predicted molar refractivity (Wildman–Crippen MR) is 115 cm³/mol. The minimum absolute atomic E-state index is 0. The maximum atomic E-state index is 11.7. The van der Waals surface area contributed by atoms with Crippen LogP contribution in [0.2, 0.25) is 0 Å². The molecule has 0 aliphatic carbocycles. The number of methoxy groups -OCH3 is 1. The van der Waals surface area contributed by atoms with Crippen molar-refractivity contribution in [1.29, 1.82) is 0 Å². The van der Waals surface area contributed by atoms with Crippen LogP contribution in [0.25, 0.3) is 0 Å². The van der Waals surface area contributed by atoms with E-state index in [1.54, 1.807) is 16.7 Å². The Kier molecular flexibility index (Phi) is 9.67. The van der Waals surface area contributed by atoms with Crippen LogP contribution in [0.15, 0.2) is 4.99 Å². The first-order valence-electron chi connectivity index (χ1n) is 9.06. The molecule has 9 nitrogen and oxygen atoms in total. The lowest BCUT2D eigenvalue weighted by atomic mass is 10.1. The molecular formula is C17H31IN6O3. The van der Waals surface area contributed by atoms with Crippen molar-refractivity contribution in [3.8, 4) is 5.88 Å².